The van der Waals surface area contributed by atoms with Crippen LogP contribution in [0.3, 0.4) is 0 Å². The molecule has 0 aliphatic heterocycles. The van der Waals surface area contributed by atoms with Gasteiger partial charge in [0.15, 0.2) is 5.16 Å². The van der Waals surface area contributed by atoms with Crippen molar-refractivity contribution in [1.82, 2.24) is 19.5 Å². The van der Waals surface area contributed by atoms with Gasteiger partial charge in [-0.25, -0.2) is 9.97 Å². The van der Waals surface area contributed by atoms with E-state index >= 15 is 0 Å². The number of hydrogen-bond acceptors (Lipinski definition) is 6. The zero-order chi connectivity index (χ0) is 19.8. The number of aromatic amines is 1. The molecule has 0 atom stereocenters. The summed E-state index contributed by atoms with van der Waals surface area (Å²) in [5, 5.41) is 2.19. The van der Waals surface area contributed by atoms with E-state index in [9.17, 15) is 4.79 Å². The smallest absolute Gasteiger partial charge is 0.259 e. The Bertz CT molecular complexity index is 1230. The Hall–Kier alpha value is -1.87. The summed E-state index contributed by atoms with van der Waals surface area (Å²) in [4.78, 5) is 26.7. The van der Waals surface area contributed by atoms with Crippen molar-refractivity contribution in [2.24, 2.45) is 0 Å². The van der Waals surface area contributed by atoms with Crippen molar-refractivity contribution in [3.8, 4) is 0 Å². The Kier molecular flexibility index (Phi) is 5.46. The Morgan fingerprint density at radius 1 is 1.32 bits per heavy atom. The van der Waals surface area contributed by atoms with Gasteiger partial charge in [0.05, 0.1) is 28.8 Å². The van der Waals surface area contributed by atoms with E-state index in [-0.39, 0.29) is 5.56 Å². The standard InChI is InChI=1S/C19H19ClN4O2S2/c1-10-11(2)28-18-16(10)17(25)22-15(23-18)9-27-19-21-13-8-12(20)4-5-14(13)24(19)6-7-26-3/h4-5,8H,6-7,9H2,1-3H3,(H,22,23,25). The maximum atomic E-state index is 12.5. The van der Waals surface area contributed by atoms with Gasteiger partial charge in [-0.3, -0.25) is 4.79 Å². The molecule has 6 nitrogen and oxygen atoms in total. The van der Waals surface area contributed by atoms with E-state index < -0.39 is 0 Å². The molecule has 0 unspecified atom stereocenters. The number of benzene rings is 1. The second-order valence-electron chi connectivity index (χ2n) is 6.44. The number of halogens is 1. The van der Waals surface area contributed by atoms with Crippen LogP contribution in [0.25, 0.3) is 21.3 Å². The molecular formula is C19H19ClN4O2S2. The molecule has 0 bridgehead atoms. The van der Waals surface area contributed by atoms with Crippen LogP contribution in [0.1, 0.15) is 16.3 Å². The van der Waals surface area contributed by atoms with Crippen LogP contribution < -0.4 is 5.56 Å². The number of fused-ring (bicyclic) bond motifs is 2. The molecule has 146 valence electrons. The summed E-state index contributed by atoms with van der Waals surface area (Å²) in [6.45, 7) is 5.24. The van der Waals surface area contributed by atoms with E-state index in [2.05, 4.69) is 14.5 Å². The largest absolute Gasteiger partial charge is 0.383 e. The van der Waals surface area contributed by atoms with Crippen molar-refractivity contribution in [2.45, 2.75) is 31.3 Å². The number of aryl methyl sites for hydroxylation is 2. The van der Waals surface area contributed by atoms with Crippen molar-refractivity contribution < 1.29 is 4.74 Å². The number of thiophene rings is 1. The fourth-order valence-corrected chi connectivity index (χ4v) is 5.22. The molecule has 0 aliphatic rings. The molecule has 0 saturated carbocycles. The van der Waals surface area contributed by atoms with Gasteiger partial charge in [0.2, 0.25) is 0 Å². The van der Waals surface area contributed by atoms with Crippen LogP contribution in [0.15, 0.2) is 28.2 Å². The summed E-state index contributed by atoms with van der Waals surface area (Å²) in [5.41, 5.74) is 2.77. The molecule has 3 heterocycles. The highest BCUT2D eigenvalue weighted by atomic mass is 35.5. The first-order chi connectivity index (χ1) is 13.5. The molecule has 4 aromatic rings. The number of nitrogens with zero attached hydrogens (tertiary/aromatic N) is 3. The molecule has 9 heteroatoms. The first-order valence-electron chi connectivity index (χ1n) is 8.74. The zero-order valence-electron chi connectivity index (χ0n) is 15.7. The Labute approximate surface area is 174 Å². The summed E-state index contributed by atoms with van der Waals surface area (Å²) in [5.74, 6) is 1.16. The van der Waals surface area contributed by atoms with Crippen molar-refractivity contribution in [3.05, 3.63) is 49.8 Å². The summed E-state index contributed by atoms with van der Waals surface area (Å²) in [7, 11) is 1.68. The minimum atomic E-state index is -0.0814. The summed E-state index contributed by atoms with van der Waals surface area (Å²) in [6.07, 6.45) is 0. The lowest BCUT2D eigenvalue weighted by atomic mass is 10.2. The molecule has 0 saturated heterocycles. The maximum absolute atomic E-state index is 12.5. The third-order valence-corrected chi connectivity index (χ3v) is 6.94. The highest BCUT2D eigenvalue weighted by molar-refractivity contribution is 7.98. The van der Waals surface area contributed by atoms with Gasteiger partial charge in [0.25, 0.3) is 5.56 Å². The quantitative estimate of drug-likeness (QED) is 0.451. The molecule has 28 heavy (non-hydrogen) atoms. The molecule has 3 aromatic heterocycles. The van der Waals surface area contributed by atoms with Crippen LogP contribution in [-0.4, -0.2) is 33.2 Å². The summed E-state index contributed by atoms with van der Waals surface area (Å²) in [6, 6.07) is 5.68. The number of nitrogens with one attached hydrogen (secondary N) is 1. The fraction of sp³-hybridized carbons (Fsp3) is 0.316. The monoisotopic (exact) mass is 434 g/mol. The van der Waals surface area contributed by atoms with Crippen molar-refractivity contribution in [1.29, 1.82) is 0 Å². The Morgan fingerprint density at radius 3 is 2.93 bits per heavy atom. The maximum Gasteiger partial charge on any atom is 0.259 e. The number of rotatable bonds is 6. The summed E-state index contributed by atoms with van der Waals surface area (Å²) >= 11 is 9.21. The molecule has 0 aliphatic carbocycles. The van der Waals surface area contributed by atoms with Crippen LogP contribution in [0.5, 0.6) is 0 Å². The highest BCUT2D eigenvalue weighted by Crippen LogP contribution is 2.29. The van der Waals surface area contributed by atoms with Gasteiger partial charge in [0.1, 0.15) is 10.7 Å². The van der Waals surface area contributed by atoms with Gasteiger partial charge in [-0.1, -0.05) is 23.4 Å². The predicted octanol–water partition coefficient (Wildman–Crippen LogP) is 4.54. The van der Waals surface area contributed by atoms with Crippen LogP contribution in [-0.2, 0) is 17.0 Å². The molecular weight excluding hydrogens is 416 g/mol. The van der Waals surface area contributed by atoms with Crippen molar-refractivity contribution in [3.63, 3.8) is 0 Å². The topological polar surface area (TPSA) is 72.8 Å². The van der Waals surface area contributed by atoms with Crippen molar-refractivity contribution >= 4 is 55.9 Å². The number of aromatic nitrogens is 4. The lowest BCUT2D eigenvalue weighted by Gasteiger charge is -2.08. The first kappa shape index (κ1) is 19.4. The fourth-order valence-electron chi connectivity index (χ4n) is 3.09. The van der Waals surface area contributed by atoms with Crippen LogP contribution >= 0.6 is 34.7 Å². The van der Waals surface area contributed by atoms with E-state index in [4.69, 9.17) is 21.3 Å². The normalized spacial score (nSPS) is 11.7. The van der Waals surface area contributed by atoms with Crippen LogP contribution in [0, 0.1) is 13.8 Å². The van der Waals surface area contributed by atoms with Crippen LogP contribution in [0.4, 0.5) is 0 Å². The Balaban J connectivity index is 1.67. The summed E-state index contributed by atoms with van der Waals surface area (Å²) < 4.78 is 7.35. The molecule has 4 rings (SSSR count). The average Bonchev–Trinajstić information content (AvgIpc) is 3.14. The second kappa shape index (κ2) is 7.87. The Morgan fingerprint density at radius 2 is 2.14 bits per heavy atom. The first-order valence-corrected chi connectivity index (χ1v) is 10.9. The molecule has 0 spiro atoms. The minimum Gasteiger partial charge on any atom is -0.383 e. The van der Waals surface area contributed by atoms with Crippen LogP contribution in [0.2, 0.25) is 5.02 Å². The molecule has 0 radical (unpaired) electrons. The van der Waals surface area contributed by atoms with Crippen molar-refractivity contribution in [2.75, 3.05) is 13.7 Å². The number of ether oxygens (including phenoxy) is 1. The van der Waals surface area contributed by atoms with Gasteiger partial charge >= 0.3 is 0 Å². The number of imidazole rings is 1. The molecule has 0 amide bonds. The molecule has 0 fully saturated rings. The average molecular weight is 435 g/mol. The van der Waals surface area contributed by atoms with Gasteiger partial charge in [0, 0.05) is 23.6 Å². The van der Waals surface area contributed by atoms with Gasteiger partial charge in [-0.15, -0.1) is 11.3 Å². The van der Waals surface area contributed by atoms with E-state index in [1.165, 1.54) is 11.8 Å². The highest BCUT2D eigenvalue weighted by Gasteiger charge is 2.15. The number of hydrogen-bond donors (Lipinski definition) is 1. The lowest BCUT2D eigenvalue weighted by molar-refractivity contribution is 0.186. The SMILES string of the molecule is COCCn1c(SCc2nc3sc(C)c(C)c3c(=O)[nH]2)nc2cc(Cl)ccc21. The van der Waals surface area contributed by atoms with E-state index in [0.717, 1.165) is 31.5 Å². The van der Waals surface area contributed by atoms with E-state index in [1.807, 2.05) is 32.0 Å². The number of methoxy groups -OCH3 is 1. The number of thioether (sulfide) groups is 1. The number of H-pyrrole nitrogens is 1. The zero-order valence-corrected chi connectivity index (χ0v) is 18.1. The van der Waals surface area contributed by atoms with Gasteiger partial charge < -0.3 is 14.3 Å². The second-order valence-corrected chi connectivity index (χ2v) is 9.02. The van der Waals surface area contributed by atoms with E-state index in [0.29, 0.717) is 35.1 Å². The minimum absolute atomic E-state index is 0.0814. The third kappa shape index (κ3) is 3.57. The molecule has 1 aromatic carbocycles. The molecule has 1 N–H and O–H groups in total. The lowest BCUT2D eigenvalue weighted by Crippen LogP contribution is -2.11. The third-order valence-electron chi connectivity index (χ3n) is 4.62. The predicted molar refractivity (Wildman–Crippen MR) is 116 cm³/mol. The van der Waals surface area contributed by atoms with Gasteiger partial charge in [-0.05, 0) is 37.6 Å². The van der Waals surface area contributed by atoms with Gasteiger partial charge in [-0.2, -0.15) is 0 Å². The van der Waals surface area contributed by atoms with E-state index in [1.54, 1.807) is 18.4 Å².